The lowest BCUT2D eigenvalue weighted by atomic mass is 9.99. The molecule has 244 valence electrons. The number of benzene rings is 2. The number of rotatable bonds is 4. The molecule has 8 rings (SSSR count). The van der Waals surface area contributed by atoms with Gasteiger partial charge in [0.2, 0.25) is 0 Å². The predicted molar refractivity (Wildman–Crippen MR) is 210 cm³/mol. The van der Waals surface area contributed by atoms with Crippen LogP contribution in [0.15, 0.2) is 95.1 Å². The lowest BCUT2D eigenvalue weighted by Gasteiger charge is -2.01. The summed E-state index contributed by atoms with van der Waals surface area (Å²) in [7, 11) is 0. The first-order valence-corrected chi connectivity index (χ1v) is 19.1. The van der Waals surface area contributed by atoms with Crippen LogP contribution in [0.25, 0.3) is 52.2 Å². The highest BCUT2D eigenvalue weighted by Gasteiger charge is 2.34. The number of ketones is 2. The maximum Gasteiger partial charge on any atom is 0.194 e. The first-order valence-electron chi connectivity index (χ1n) is 15.8. The molecule has 52 heavy (non-hydrogen) atoms. The van der Waals surface area contributed by atoms with E-state index >= 15 is 0 Å². The zero-order chi connectivity index (χ0) is 36.3. The Balaban J connectivity index is 1.12. The van der Waals surface area contributed by atoms with Crippen molar-refractivity contribution < 1.29 is 9.59 Å². The average Bonchev–Trinajstić information content (AvgIpc) is 4.01. The summed E-state index contributed by atoms with van der Waals surface area (Å²) in [6.45, 7) is 4.26. The van der Waals surface area contributed by atoms with Gasteiger partial charge in [0.25, 0.3) is 0 Å². The number of nitriles is 4. The molecule has 0 radical (unpaired) electrons. The van der Waals surface area contributed by atoms with Crippen molar-refractivity contribution >= 4 is 89.6 Å². The molecule has 6 aromatic rings. The van der Waals surface area contributed by atoms with E-state index in [0.29, 0.717) is 44.5 Å². The van der Waals surface area contributed by atoms with Crippen molar-refractivity contribution in [3.63, 3.8) is 0 Å². The third kappa shape index (κ3) is 5.06. The van der Waals surface area contributed by atoms with E-state index < -0.39 is 0 Å². The van der Waals surface area contributed by atoms with Crippen LogP contribution < -0.4 is 0 Å². The number of carbonyl (C=O) groups is 2. The molecule has 6 nitrogen and oxygen atoms in total. The number of allylic oxidation sites excluding steroid dienone is 6. The number of nitrogens with zero attached hydrogens (tertiary/aromatic N) is 4. The molecular weight excluding hydrogens is 721 g/mol. The van der Waals surface area contributed by atoms with E-state index in [1.807, 2.05) is 36.4 Å². The molecule has 0 unspecified atom stereocenters. The zero-order valence-electron chi connectivity index (χ0n) is 27.3. The van der Waals surface area contributed by atoms with Crippen LogP contribution in [-0.2, 0) is 0 Å². The van der Waals surface area contributed by atoms with Gasteiger partial charge in [-0.3, -0.25) is 9.59 Å². The summed E-state index contributed by atoms with van der Waals surface area (Å²) in [4.78, 5) is 33.0. The maximum atomic E-state index is 13.4. The minimum atomic E-state index is -0.196. The van der Waals surface area contributed by atoms with Crippen molar-refractivity contribution in [2.24, 2.45) is 0 Å². The van der Waals surface area contributed by atoms with Gasteiger partial charge in [-0.2, -0.15) is 21.0 Å². The monoisotopic (exact) mass is 740 g/mol. The SMILES string of the molecule is Cc1c(-c2ccc(C=C3C(=O)c4ccccc4C3=C(C#N)C#N)s2)sc2sc(-c3ccc(C=C4C(=O)c5ccccc5C4=C(C#N)C#N)s3)c(C)c12. The summed E-state index contributed by atoms with van der Waals surface area (Å²) in [5, 5.41) is 39.9. The van der Waals surface area contributed by atoms with Gasteiger partial charge in [0, 0.05) is 68.1 Å². The summed E-state index contributed by atoms with van der Waals surface area (Å²) >= 11 is 6.58. The van der Waals surface area contributed by atoms with Gasteiger partial charge in [0.05, 0.1) is 4.01 Å². The summed E-state index contributed by atoms with van der Waals surface area (Å²) in [6.07, 6.45) is 3.58. The van der Waals surface area contributed by atoms with Crippen molar-refractivity contribution in [3.05, 3.63) is 138 Å². The van der Waals surface area contributed by atoms with Crippen LogP contribution in [-0.4, -0.2) is 11.6 Å². The summed E-state index contributed by atoms with van der Waals surface area (Å²) in [5.41, 5.74) is 5.85. The molecule has 4 aromatic heterocycles. The molecule has 10 heteroatoms. The third-order valence-electron chi connectivity index (χ3n) is 9.16. The topological polar surface area (TPSA) is 129 Å². The van der Waals surface area contributed by atoms with Crippen molar-refractivity contribution in [2.75, 3.05) is 0 Å². The van der Waals surface area contributed by atoms with Gasteiger partial charge in [-0.15, -0.1) is 45.3 Å². The fourth-order valence-corrected chi connectivity index (χ4v) is 11.9. The molecule has 2 aliphatic carbocycles. The molecule has 4 heterocycles. The number of carbonyl (C=O) groups excluding carboxylic acids is 2. The lowest BCUT2D eigenvalue weighted by molar-refractivity contribution is 0.103. The lowest BCUT2D eigenvalue weighted by Crippen LogP contribution is -1.95. The molecular formula is C42H20N4O2S4. The fourth-order valence-electron chi connectivity index (χ4n) is 6.83. The van der Waals surface area contributed by atoms with Gasteiger partial charge < -0.3 is 0 Å². The Bertz CT molecular complexity index is 2680. The number of thiophene rings is 4. The van der Waals surface area contributed by atoms with Crippen LogP contribution in [0.1, 0.15) is 52.7 Å². The quantitative estimate of drug-likeness (QED) is 0.131. The molecule has 0 saturated carbocycles. The molecule has 0 bridgehead atoms. The smallest absolute Gasteiger partial charge is 0.194 e. The van der Waals surface area contributed by atoms with Crippen LogP contribution in [0, 0.1) is 59.2 Å². The second-order valence-corrected chi connectivity index (χ2v) is 16.5. The molecule has 2 aromatic carbocycles. The number of Topliss-reactive ketones (excluding diaryl/α,β-unsaturated/α-hetero) is 2. The number of hydrogen-bond acceptors (Lipinski definition) is 10. The van der Waals surface area contributed by atoms with Gasteiger partial charge in [-0.1, -0.05) is 48.5 Å². The number of aryl methyl sites for hydroxylation is 2. The highest BCUT2D eigenvalue weighted by atomic mass is 32.2. The maximum absolute atomic E-state index is 13.4. The van der Waals surface area contributed by atoms with Gasteiger partial charge in [-0.05, 0) is 72.5 Å². The first kappa shape index (κ1) is 32.9. The van der Waals surface area contributed by atoms with Crippen LogP contribution in [0.2, 0.25) is 0 Å². The average molecular weight is 741 g/mol. The Kier molecular flexibility index (Phi) is 8.12. The molecule has 0 spiro atoms. The highest BCUT2D eigenvalue weighted by Crippen LogP contribution is 2.51. The highest BCUT2D eigenvalue weighted by molar-refractivity contribution is 7.42. The molecule has 2 aliphatic rings. The van der Waals surface area contributed by atoms with E-state index in [-0.39, 0.29) is 22.7 Å². The van der Waals surface area contributed by atoms with Crippen molar-refractivity contribution in [1.82, 2.24) is 0 Å². The predicted octanol–water partition coefficient (Wildman–Crippen LogP) is 11.2. The summed E-state index contributed by atoms with van der Waals surface area (Å²) in [6, 6.07) is 30.1. The summed E-state index contributed by atoms with van der Waals surface area (Å²) in [5.74, 6) is -0.392. The second kappa shape index (κ2) is 12.8. The second-order valence-electron chi connectivity index (χ2n) is 12.0. The van der Waals surface area contributed by atoms with E-state index in [4.69, 9.17) is 0 Å². The Morgan fingerprint density at radius 1 is 0.538 bits per heavy atom. The van der Waals surface area contributed by atoms with Crippen LogP contribution >= 0.6 is 45.3 Å². The van der Waals surface area contributed by atoms with Crippen molar-refractivity contribution in [1.29, 1.82) is 21.0 Å². The largest absolute Gasteiger partial charge is 0.289 e. The minimum absolute atomic E-state index is 0.0808. The van der Waals surface area contributed by atoms with Crippen LogP contribution in [0.3, 0.4) is 0 Å². The minimum Gasteiger partial charge on any atom is -0.289 e. The van der Waals surface area contributed by atoms with Gasteiger partial charge >= 0.3 is 0 Å². The standard InChI is InChI=1S/C42H20N4O2S4/c1-21-35-22(2)41(34-14-12-26(50-34)16-32-37(24(19-45)20-46)28-8-4-6-10-30(28)39(32)48)52-42(35)51-40(21)33-13-11-25(49-33)15-31-36(23(17-43)18-44)27-7-3-5-9-29(27)38(31)47/h3-16H,1-2H3. The van der Waals surface area contributed by atoms with E-state index in [9.17, 15) is 30.6 Å². The van der Waals surface area contributed by atoms with Crippen molar-refractivity contribution in [2.45, 2.75) is 13.8 Å². The van der Waals surface area contributed by atoms with E-state index in [0.717, 1.165) is 29.3 Å². The van der Waals surface area contributed by atoms with Gasteiger partial charge in [-0.25, -0.2) is 0 Å². The Hall–Kier alpha value is -6.24. The Labute approximate surface area is 314 Å². The molecule has 0 aliphatic heterocycles. The van der Waals surface area contributed by atoms with Gasteiger partial charge in [0.15, 0.2) is 11.6 Å². The number of fused-ring (bicyclic) bond motifs is 3. The fraction of sp³-hybridized carbons (Fsp3) is 0.0476. The Morgan fingerprint density at radius 2 is 0.923 bits per heavy atom. The molecule has 0 amide bonds. The normalized spacial score (nSPS) is 14.7. The molecule has 0 fully saturated rings. The summed E-state index contributed by atoms with van der Waals surface area (Å²) < 4.78 is 1.19. The van der Waals surface area contributed by atoms with Crippen LogP contribution in [0.4, 0.5) is 0 Å². The molecule has 0 saturated heterocycles. The molecule has 0 atom stereocenters. The van der Waals surface area contributed by atoms with Crippen molar-refractivity contribution in [3.8, 4) is 43.8 Å². The first-order chi connectivity index (χ1) is 25.3. The number of hydrogen-bond donors (Lipinski definition) is 0. The van der Waals surface area contributed by atoms with E-state index in [1.54, 1.807) is 106 Å². The molecule has 0 N–H and O–H groups in total. The van der Waals surface area contributed by atoms with Gasteiger partial charge in [0.1, 0.15) is 35.4 Å². The van der Waals surface area contributed by atoms with E-state index in [1.165, 1.54) is 20.5 Å². The zero-order valence-corrected chi connectivity index (χ0v) is 30.6. The Morgan fingerprint density at radius 3 is 1.29 bits per heavy atom. The third-order valence-corrected chi connectivity index (χ3v) is 14.3. The van der Waals surface area contributed by atoms with Crippen LogP contribution in [0.5, 0.6) is 0 Å². The van der Waals surface area contributed by atoms with E-state index in [2.05, 4.69) is 26.0 Å².